The molecule has 0 fully saturated rings. The molecular formula is C20H27ClN2O3. The molecule has 2 N–H and O–H groups in total. The number of hydrogen-bond donors (Lipinski definition) is 2. The molecule has 2 rings (SSSR count). The lowest BCUT2D eigenvalue weighted by Gasteiger charge is -2.23. The summed E-state index contributed by atoms with van der Waals surface area (Å²) in [5, 5.41) is 6.02. The average Bonchev–Trinajstić information content (AvgIpc) is 2.62. The summed E-state index contributed by atoms with van der Waals surface area (Å²) < 4.78 is 5.09. The van der Waals surface area contributed by atoms with Crippen molar-refractivity contribution in [2.45, 2.75) is 46.0 Å². The molecular weight excluding hydrogens is 352 g/mol. The van der Waals surface area contributed by atoms with Crippen LogP contribution in [0.1, 0.15) is 46.0 Å². The first-order valence-corrected chi connectivity index (χ1v) is 9.33. The van der Waals surface area contributed by atoms with Crippen LogP contribution in [0.2, 0.25) is 5.02 Å². The van der Waals surface area contributed by atoms with Crippen LogP contribution in [0.3, 0.4) is 0 Å². The van der Waals surface area contributed by atoms with Crippen molar-refractivity contribution >= 4 is 29.1 Å². The van der Waals surface area contributed by atoms with Gasteiger partial charge in [-0.2, -0.15) is 0 Å². The number of hydrogen-bond acceptors (Lipinski definition) is 3. The van der Waals surface area contributed by atoms with Gasteiger partial charge in [-0.3, -0.25) is 9.59 Å². The van der Waals surface area contributed by atoms with Crippen LogP contribution in [0.4, 0.5) is 5.69 Å². The second-order valence-electron chi connectivity index (χ2n) is 7.04. The van der Waals surface area contributed by atoms with E-state index in [1.165, 1.54) is 25.5 Å². The Balaban J connectivity index is 1.90. The molecule has 0 unspecified atom stereocenters. The fourth-order valence-electron chi connectivity index (χ4n) is 2.82. The topological polar surface area (TPSA) is 67.4 Å². The number of allylic oxidation sites excluding steroid dienone is 1. The van der Waals surface area contributed by atoms with Gasteiger partial charge in [0.15, 0.2) is 0 Å². The lowest BCUT2D eigenvalue weighted by atomic mass is 9.90. The highest BCUT2D eigenvalue weighted by atomic mass is 35.5. The Morgan fingerprint density at radius 1 is 1.23 bits per heavy atom. The maximum atomic E-state index is 12.5. The lowest BCUT2D eigenvalue weighted by molar-refractivity contribution is -0.138. The highest BCUT2D eigenvalue weighted by molar-refractivity contribution is 6.32. The highest BCUT2D eigenvalue weighted by Gasteiger charge is 2.36. The van der Waals surface area contributed by atoms with E-state index in [9.17, 15) is 9.59 Å². The van der Waals surface area contributed by atoms with E-state index in [2.05, 4.69) is 16.7 Å². The standard InChI is InChI=1S/C20H27ClN2O3/c1-20(2,18(24)22-12-11-14-7-5-4-6-8-14)19(25)23-15-9-10-17(26-3)16(21)13-15/h7,9-10,13H,4-6,8,11-12H2,1-3H3,(H,22,24)(H,23,25). The third-order valence-electron chi connectivity index (χ3n) is 4.66. The second kappa shape index (κ2) is 9.08. The summed E-state index contributed by atoms with van der Waals surface area (Å²) in [6.07, 6.45) is 7.81. The number of anilines is 1. The van der Waals surface area contributed by atoms with E-state index in [-0.39, 0.29) is 11.8 Å². The lowest BCUT2D eigenvalue weighted by Crippen LogP contribution is -2.45. The minimum atomic E-state index is -1.19. The molecule has 0 bridgehead atoms. The van der Waals surface area contributed by atoms with Crippen LogP contribution < -0.4 is 15.4 Å². The molecule has 0 aromatic heterocycles. The van der Waals surface area contributed by atoms with Crippen molar-refractivity contribution < 1.29 is 14.3 Å². The first-order chi connectivity index (χ1) is 12.3. The fourth-order valence-corrected chi connectivity index (χ4v) is 3.08. The Kier molecular flexibility index (Phi) is 7.09. The van der Waals surface area contributed by atoms with Gasteiger partial charge < -0.3 is 15.4 Å². The molecule has 2 amide bonds. The van der Waals surface area contributed by atoms with Crippen molar-refractivity contribution in [3.8, 4) is 5.75 Å². The zero-order chi connectivity index (χ0) is 19.2. The van der Waals surface area contributed by atoms with Crippen LogP contribution in [0.15, 0.2) is 29.8 Å². The van der Waals surface area contributed by atoms with Gasteiger partial charge in [0.05, 0.1) is 12.1 Å². The summed E-state index contributed by atoms with van der Waals surface area (Å²) in [6, 6.07) is 4.96. The van der Waals surface area contributed by atoms with Crippen LogP contribution in [0.25, 0.3) is 0 Å². The third kappa shape index (κ3) is 5.24. The molecule has 1 aromatic rings. The van der Waals surface area contributed by atoms with Crippen molar-refractivity contribution in [3.63, 3.8) is 0 Å². The molecule has 0 spiro atoms. The van der Waals surface area contributed by atoms with Crippen LogP contribution >= 0.6 is 11.6 Å². The molecule has 1 aliphatic carbocycles. The smallest absolute Gasteiger partial charge is 0.239 e. The van der Waals surface area contributed by atoms with Gasteiger partial charge in [0.25, 0.3) is 0 Å². The van der Waals surface area contributed by atoms with Crippen molar-refractivity contribution in [1.29, 1.82) is 0 Å². The number of carbonyl (C=O) groups excluding carboxylic acids is 2. The van der Waals surface area contributed by atoms with Crippen molar-refractivity contribution in [2.75, 3.05) is 19.0 Å². The van der Waals surface area contributed by atoms with E-state index >= 15 is 0 Å². The van der Waals surface area contributed by atoms with Crippen LogP contribution in [-0.4, -0.2) is 25.5 Å². The summed E-state index contributed by atoms with van der Waals surface area (Å²) in [6.45, 7) is 3.78. The minimum absolute atomic E-state index is 0.286. The molecule has 0 radical (unpaired) electrons. The Bertz CT molecular complexity index is 698. The monoisotopic (exact) mass is 378 g/mol. The zero-order valence-electron chi connectivity index (χ0n) is 15.7. The largest absolute Gasteiger partial charge is 0.495 e. The Hall–Kier alpha value is -2.01. The SMILES string of the molecule is COc1ccc(NC(=O)C(C)(C)C(=O)NCCC2=CCCCC2)cc1Cl. The molecule has 0 heterocycles. The Morgan fingerprint density at radius 2 is 2.00 bits per heavy atom. The van der Waals surface area contributed by atoms with E-state index in [0.29, 0.717) is 23.0 Å². The number of rotatable bonds is 7. The molecule has 0 atom stereocenters. The molecule has 142 valence electrons. The second-order valence-corrected chi connectivity index (χ2v) is 7.45. The van der Waals surface area contributed by atoms with Gasteiger partial charge in [-0.25, -0.2) is 0 Å². The summed E-state index contributed by atoms with van der Waals surface area (Å²) in [5.41, 5.74) is 0.730. The third-order valence-corrected chi connectivity index (χ3v) is 4.96. The van der Waals surface area contributed by atoms with Crippen molar-refractivity contribution in [3.05, 3.63) is 34.9 Å². The van der Waals surface area contributed by atoms with Crippen LogP contribution in [0.5, 0.6) is 5.75 Å². The number of methoxy groups -OCH3 is 1. The summed E-state index contributed by atoms with van der Waals surface area (Å²) >= 11 is 6.07. The van der Waals surface area contributed by atoms with Crippen molar-refractivity contribution in [1.82, 2.24) is 5.32 Å². The molecule has 1 aromatic carbocycles. The number of nitrogens with one attached hydrogen (secondary N) is 2. The van der Waals surface area contributed by atoms with Gasteiger partial charge >= 0.3 is 0 Å². The first-order valence-electron chi connectivity index (χ1n) is 8.96. The quantitative estimate of drug-likeness (QED) is 0.548. The normalized spacial score (nSPS) is 14.4. The summed E-state index contributed by atoms with van der Waals surface area (Å²) in [5.74, 6) is -0.141. The van der Waals surface area contributed by atoms with Gasteiger partial charge in [0.1, 0.15) is 11.2 Å². The number of ether oxygens (including phenoxy) is 1. The average molecular weight is 379 g/mol. The fraction of sp³-hybridized carbons (Fsp3) is 0.500. The van der Waals surface area contributed by atoms with E-state index < -0.39 is 5.41 Å². The molecule has 0 aliphatic heterocycles. The Morgan fingerprint density at radius 3 is 2.62 bits per heavy atom. The number of carbonyl (C=O) groups is 2. The summed E-state index contributed by atoms with van der Waals surface area (Å²) in [7, 11) is 1.52. The van der Waals surface area contributed by atoms with Gasteiger partial charge in [0.2, 0.25) is 11.8 Å². The van der Waals surface area contributed by atoms with Crippen molar-refractivity contribution in [2.24, 2.45) is 5.41 Å². The van der Waals surface area contributed by atoms with Gasteiger partial charge in [-0.1, -0.05) is 23.3 Å². The van der Waals surface area contributed by atoms with Gasteiger partial charge in [0, 0.05) is 12.2 Å². The molecule has 0 saturated carbocycles. The van der Waals surface area contributed by atoms with E-state index in [4.69, 9.17) is 16.3 Å². The van der Waals surface area contributed by atoms with Crippen LogP contribution in [-0.2, 0) is 9.59 Å². The van der Waals surface area contributed by atoms with E-state index in [0.717, 1.165) is 19.3 Å². The van der Waals surface area contributed by atoms with Crippen LogP contribution in [0, 0.1) is 5.41 Å². The van der Waals surface area contributed by atoms with Gasteiger partial charge in [-0.05, 0) is 64.2 Å². The summed E-state index contributed by atoms with van der Waals surface area (Å²) in [4.78, 5) is 25.0. The highest BCUT2D eigenvalue weighted by Crippen LogP contribution is 2.28. The predicted molar refractivity (Wildman–Crippen MR) is 105 cm³/mol. The minimum Gasteiger partial charge on any atom is -0.495 e. The number of benzene rings is 1. The number of amides is 2. The molecule has 26 heavy (non-hydrogen) atoms. The van der Waals surface area contributed by atoms with Gasteiger partial charge in [-0.15, -0.1) is 0 Å². The Labute approximate surface area is 160 Å². The molecule has 1 aliphatic rings. The first kappa shape index (κ1) is 20.3. The molecule has 6 heteroatoms. The maximum Gasteiger partial charge on any atom is 0.239 e. The number of halogens is 1. The zero-order valence-corrected chi connectivity index (χ0v) is 16.4. The van der Waals surface area contributed by atoms with E-state index in [1.54, 1.807) is 32.0 Å². The predicted octanol–water partition coefficient (Wildman–Crippen LogP) is 4.32. The maximum absolute atomic E-state index is 12.5. The molecule has 0 saturated heterocycles. The van der Waals surface area contributed by atoms with E-state index in [1.807, 2.05) is 0 Å². The molecule has 5 nitrogen and oxygen atoms in total.